The molecule has 12 heavy (non-hydrogen) atoms. The molecule has 0 aromatic rings. The summed E-state index contributed by atoms with van der Waals surface area (Å²) < 4.78 is 0. The predicted octanol–water partition coefficient (Wildman–Crippen LogP) is 2.03. The summed E-state index contributed by atoms with van der Waals surface area (Å²) in [6.45, 7) is 2.58. The Morgan fingerprint density at radius 1 is 1.00 bits per heavy atom. The number of piperidine rings is 1. The van der Waals surface area contributed by atoms with Crippen molar-refractivity contribution in [3.05, 3.63) is 0 Å². The lowest BCUT2D eigenvalue weighted by Gasteiger charge is -2.32. The maximum absolute atomic E-state index is 3.36. The van der Waals surface area contributed by atoms with Crippen molar-refractivity contribution in [1.29, 1.82) is 0 Å². The van der Waals surface area contributed by atoms with E-state index >= 15 is 0 Å². The van der Waals surface area contributed by atoms with Gasteiger partial charge in [-0.1, -0.05) is 12.3 Å². The fourth-order valence-electron chi connectivity index (χ4n) is 2.15. The SMILES string of the molecule is C1#CC(N2CCCCC2)CCC1. The number of likely N-dealkylation sites (tertiary alicyclic amines) is 1. The van der Waals surface area contributed by atoms with E-state index in [9.17, 15) is 0 Å². The first-order valence-corrected chi connectivity index (χ1v) is 5.19. The van der Waals surface area contributed by atoms with Crippen LogP contribution < -0.4 is 0 Å². The van der Waals surface area contributed by atoms with E-state index in [1.165, 1.54) is 45.2 Å². The molecule has 0 saturated carbocycles. The van der Waals surface area contributed by atoms with Crippen molar-refractivity contribution in [2.24, 2.45) is 0 Å². The lowest BCUT2D eigenvalue weighted by Crippen LogP contribution is -2.38. The fraction of sp³-hybridized carbons (Fsp3) is 0.818. The smallest absolute Gasteiger partial charge is 0.0714 e. The molecular formula is C11H17N. The largest absolute Gasteiger partial charge is 0.290 e. The van der Waals surface area contributed by atoms with Crippen LogP contribution in [0.15, 0.2) is 0 Å². The zero-order valence-corrected chi connectivity index (χ0v) is 7.68. The molecule has 1 atom stereocenters. The van der Waals surface area contributed by atoms with Gasteiger partial charge in [0, 0.05) is 6.42 Å². The molecule has 1 aliphatic heterocycles. The lowest BCUT2D eigenvalue weighted by atomic mass is 10.0. The van der Waals surface area contributed by atoms with Gasteiger partial charge in [-0.05, 0) is 38.8 Å². The number of rotatable bonds is 1. The third-order valence-corrected chi connectivity index (χ3v) is 2.88. The molecule has 1 saturated heterocycles. The molecular weight excluding hydrogens is 146 g/mol. The summed E-state index contributed by atoms with van der Waals surface area (Å²) in [4.78, 5) is 2.58. The Morgan fingerprint density at radius 2 is 1.83 bits per heavy atom. The molecule has 1 fully saturated rings. The summed E-state index contributed by atoms with van der Waals surface area (Å²) >= 11 is 0. The molecule has 2 aliphatic rings. The Kier molecular flexibility index (Phi) is 2.68. The van der Waals surface area contributed by atoms with Crippen molar-refractivity contribution in [2.75, 3.05) is 13.1 Å². The Bertz CT molecular complexity index is 193. The van der Waals surface area contributed by atoms with E-state index in [4.69, 9.17) is 0 Å². The fourth-order valence-corrected chi connectivity index (χ4v) is 2.15. The minimum atomic E-state index is 0.610. The van der Waals surface area contributed by atoms with E-state index in [2.05, 4.69) is 16.7 Å². The molecule has 0 radical (unpaired) electrons. The second kappa shape index (κ2) is 3.96. The summed E-state index contributed by atoms with van der Waals surface area (Å²) in [5.41, 5.74) is 0. The molecule has 0 spiro atoms. The predicted molar refractivity (Wildman–Crippen MR) is 50.8 cm³/mol. The first-order valence-electron chi connectivity index (χ1n) is 5.19. The highest BCUT2D eigenvalue weighted by Crippen LogP contribution is 2.17. The Labute approximate surface area is 75.1 Å². The van der Waals surface area contributed by atoms with Crippen molar-refractivity contribution >= 4 is 0 Å². The highest BCUT2D eigenvalue weighted by Gasteiger charge is 2.19. The molecule has 1 unspecified atom stereocenters. The van der Waals surface area contributed by atoms with Crippen LogP contribution in [0.3, 0.4) is 0 Å². The van der Waals surface area contributed by atoms with Crippen molar-refractivity contribution in [1.82, 2.24) is 4.90 Å². The molecule has 0 aromatic carbocycles. The van der Waals surface area contributed by atoms with Gasteiger partial charge >= 0.3 is 0 Å². The molecule has 1 heterocycles. The summed E-state index contributed by atoms with van der Waals surface area (Å²) in [6.07, 6.45) is 7.96. The van der Waals surface area contributed by atoms with E-state index in [-0.39, 0.29) is 0 Å². The summed E-state index contributed by atoms with van der Waals surface area (Å²) in [7, 11) is 0. The van der Waals surface area contributed by atoms with E-state index in [0.717, 1.165) is 6.42 Å². The van der Waals surface area contributed by atoms with Crippen LogP contribution in [0.1, 0.15) is 38.5 Å². The topological polar surface area (TPSA) is 3.24 Å². The van der Waals surface area contributed by atoms with E-state index in [1.807, 2.05) is 0 Å². The van der Waals surface area contributed by atoms with Gasteiger partial charge in [0.15, 0.2) is 0 Å². The molecule has 0 amide bonds. The van der Waals surface area contributed by atoms with Crippen molar-refractivity contribution < 1.29 is 0 Å². The van der Waals surface area contributed by atoms with Crippen molar-refractivity contribution in [3.8, 4) is 11.8 Å². The second-order valence-electron chi connectivity index (χ2n) is 3.83. The quantitative estimate of drug-likeness (QED) is 0.535. The molecule has 1 heteroatoms. The van der Waals surface area contributed by atoms with Crippen LogP contribution in [-0.4, -0.2) is 24.0 Å². The van der Waals surface area contributed by atoms with Gasteiger partial charge in [-0.15, -0.1) is 5.92 Å². The molecule has 2 rings (SSSR count). The lowest BCUT2D eigenvalue weighted by molar-refractivity contribution is 0.186. The van der Waals surface area contributed by atoms with Crippen LogP contribution >= 0.6 is 0 Å². The van der Waals surface area contributed by atoms with Crippen LogP contribution in [-0.2, 0) is 0 Å². The van der Waals surface area contributed by atoms with Gasteiger partial charge in [-0.25, -0.2) is 0 Å². The summed E-state index contributed by atoms with van der Waals surface area (Å²) in [6, 6.07) is 0.610. The van der Waals surface area contributed by atoms with Crippen molar-refractivity contribution in [2.45, 2.75) is 44.6 Å². The summed E-state index contributed by atoms with van der Waals surface area (Å²) in [5.74, 6) is 6.61. The average molecular weight is 163 g/mol. The van der Waals surface area contributed by atoms with Gasteiger partial charge in [0.25, 0.3) is 0 Å². The van der Waals surface area contributed by atoms with Crippen LogP contribution in [0.4, 0.5) is 0 Å². The maximum atomic E-state index is 3.36. The van der Waals surface area contributed by atoms with Crippen LogP contribution in [0, 0.1) is 11.8 Å². The third-order valence-electron chi connectivity index (χ3n) is 2.88. The second-order valence-corrected chi connectivity index (χ2v) is 3.83. The number of nitrogens with zero attached hydrogens (tertiary/aromatic N) is 1. The van der Waals surface area contributed by atoms with Crippen LogP contribution in [0.5, 0.6) is 0 Å². The van der Waals surface area contributed by atoms with Gasteiger partial charge in [0.1, 0.15) is 0 Å². The molecule has 66 valence electrons. The van der Waals surface area contributed by atoms with E-state index in [1.54, 1.807) is 0 Å². The van der Waals surface area contributed by atoms with Crippen LogP contribution in [0.2, 0.25) is 0 Å². The van der Waals surface area contributed by atoms with Gasteiger partial charge in [-0.2, -0.15) is 0 Å². The van der Waals surface area contributed by atoms with Gasteiger partial charge in [-0.3, -0.25) is 4.90 Å². The van der Waals surface area contributed by atoms with Gasteiger partial charge in [0.05, 0.1) is 6.04 Å². The molecule has 0 bridgehead atoms. The first kappa shape index (κ1) is 8.13. The summed E-state index contributed by atoms with van der Waals surface area (Å²) in [5, 5.41) is 0. The zero-order valence-electron chi connectivity index (χ0n) is 7.68. The number of hydrogen-bond donors (Lipinski definition) is 0. The number of hydrogen-bond acceptors (Lipinski definition) is 1. The standard InChI is InChI=1S/C11H17N/c1-3-7-11(8-4-1)12-9-5-2-6-10-12/h11H,1-3,5-7,9-10H2. The minimum absolute atomic E-state index is 0.610. The highest BCUT2D eigenvalue weighted by molar-refractivity contribution is 5.11. The van der Waals surface area contributed by atoms with Gasteiger partial charge in [0.2, 0.25) is 0 Å². The Morgan fingerprint density at radius 3 is 2.50 bits per heavy atom. The zero-order chi connectivity index (χ0) is 8.23. The Balaban J connectivity index is 1.91. The molecule has 0 aromatic heterocycles. The maximum Gasteiger partial charge on any atom is 0.0714 e. The monoisotopic (exact) mass is 163 g/mol. The first-order chi connectivity index (χ1) is 5.97. The van der Waals surface area contributed by atoms with Crippen LogP contribution in [0.25, 0.3) is 0 Å². The normalized spacial score (nSPS) is 30.8. The Hall–Kier alpha value is -0.480. The average Bonchev–Trinajstić information content (AvgIpc) is 2.21. The third kappa shape index (κ3) is 1.81. The minimum Gasteiger partial charge on any atom is -0.290 e. The van der Waals surface area contributed by atoms with E-state index in [0.29, 0.717) is 6.04 Å². The van der Waals surface area contributed by atoms with E-state index < -0.39 is 0 Å². The molecule has 1 aliphatic carbocycles. The molecule has 1 nitrogen and oxygen atoms in total. The molecule has 0 N–H and O–H groups in total. The van der Waals surface area contributed by atoms with Crippen molar-refractivity contribution in [3.63, 3.8) is 0 Å². The van der Waals surface area contributed by atoms with Gasteiger partial charge < -0.3 is 0 Å². The highest BCUT2D eigenvalue weighted by atomic mass is 15.2.